The molecule has 1 atom stereocenters. The number of amides is 1. The maximum atomic E-state index is 12.7. The van der Waals surface area contributed by atoms with Crippen LogP contribution in [0.1, 0.15) is 28.4 Å². The lowest BCUT2D eigenvalue weighted by molar-refractivity contribution is -0.140. The van der Waals surface area contributed by atoms with E-state index in [4.69, 9.17) is 4.74 Å². The first-order valence-corrected chi connectivity index (χ1v) is 9.38. The number of benzene rings is 1. The Kier molecular flexibility index (Phi) is 5.38. The van der Waals surface area contributed by atoms with Crippen LogP contribution in [0.4, 0.5) is 0 Å². The molecule has 1 aromatic heterocycles. The zero-order valence-corrected chi connectivity index (χ0v) is 15.1. The van der Waals surface area contributed by atoms with E-state index in [-0.39, 0.29) is 5.91 Å². The number of ether oxygens (including phenoxy) is 1. The second-order valence-corrected chi connectivity index (χ2v) is 6.68. The molecule has 6 heteroatoms. The summed E-state index contributed by atoms with van der Waals surface area (Å²) in [4.78, 5) is 30.9. The Morgan fingerprint density at radius 2 is 1.96 bits per heavy atom. The summed E-state index contributed by atoms with van der Waals surface area (Å²) in [5.74, 6) is -0.687. The summed E-state index contributed by atoms with van der Waals surface area (Å²) in [6, 6.07) is 11.5. The van der Waals surface area contributed by atoms with E-state index in [0.29, 0.717) is 23.7 Å². The van der Waals surface area contributed by atoms with Crippen molar-refractivity contribution in [3.63, 3.8) is 0 Å². The molecular weight excluding hydrogens is 336 g/mol. The third kappa shape index (κ3) is 3.85. The third-order valence-electron chi connectivity index (χ3n) is 4.26. The van der Waals surface area contributed by atoms with Gasteiger partial charge in [-0.05, 0) is 42.9 Å². The van der Waals surface area contributed by atoms with Crippen molar-refractivity contribution in [2.75, 3.05) is 12.8 Å². The van der Waals surface area contributed by atoms with Crippen LogP contribution in [0, 0.1) is 0 Å². The van der Waals surface area contributed by atoms with Gasteiger partial charge in [0.2, 0.25) is 0 Å². The molecule has 0 saturated heterocycles. The van der Waals surface area contributed by atoms with Crippen LogP contribution < -0.4 is 0 Å². The van der Waals surface area contributed by atoms with Gasteiger partial charge in [0.1, 0.15) is 5.03 Å². The highest BCUT2D eigenvalue weighted by Gasteiger charge is 2.27. The first-order chi connectivity index (χ1) is 12.1. The number of aromatic nitrogens is 1. The number of carbonyl (C=O) groups excluding carboxylic acids is 2. The van der Waals surface area contributed by atoms with Gasteiger partial charge in [0.25, 0.3) is 5.91 Å². The first-order valence-electron chi connectivity index (χ1n) is 8.15. The largest absolute Gasteiger partial charge is 0.449 e. The van der Waals surface area contributed by atoms with Crippen molar-refractivity contribution in [2.24, 2.45) is 0 Å². The molecule has 0 aliphatic carbocycles. The zero-order chi connectivity index (χ0) is 17.8. The Bertz CT molecular complexity index is 794. The Morgan fingerprint density at radius 3 is 2.72 bits per heavy atom. The summed E-state index contributed by atoms with van der Waals surface area (Å²) in [5, 5.41) is 0.596. The third-order valence-corrected chi connectivity index (χ3v) is 4.97. The number of carbonyl (C=O) groups is 2. The maximum absolute atomic E-state index is 12.7. The van der Waals surface area contributed by atoms with E-state index in [9.17, 15) is 9.59 Å². The van der Waals surface area contributed by atoms with Gasteiger partial charge >= 0.3 is 5.97 Å². The minimum absolute atomic E-state index is 0.169. The molecule has 0 fully saturated rings. The molecule has 1 amide bonds. The van der Waals surface area contributed by atoms with Gasteiger partial charge in [-0.2, -0.15) is 0 Å². The van der Waals surface area contributed by atoms with Crippen molar-refractivity contribution < 1.29 is 14.3 Å². The molecular formula is C19H20N2O3S. The predicted octanol–water partition coefficient (Wildman–Crippen LogP) is 2.93. The van der Waals surface area contributed by atoms with E-state index in [1.165, 1.54) is 17.3 Å². The van der Waals surface area contributed by atoms with E-state index >= 15 is 0 Å². The van der Waals surface area contributed by atoms with Gasteiger partial charge in [0.15, 0.2) is 6.10 Å². The fourth-order valence-corrected chi connectivity index (χ4v) is 3.46. The normalized spacial score (nSPS) is 14.6. The van der Waals surface area contributed by atoms with Crippen LogP contribution >= 0.6 is 11.8 Å². The number of hydrogen-bond donors (Lipinski definition) is 0. The quantitative estimate of drug-likeness (QED) is 0.623. The van der Waals surface area contributed by atoms with Crippen molar-refractivity contribution in [1.82, 2.24) is 9.88 Å². The Morgan fingerprint density at radius 1 is 1.20 bits per heavy atom. The van der Waals surface area contributed by atoms with Crippen LogP contribution in [0.25, 0.3) is 0 Å². The van der Waals surface area contributed by atoms with Gasteiger partial charge in [-0.3, -0.25) is 4.79 Å². The SMILES string of the molecule is CSc1ncccc1C(=O)O[C@@H](C)C(=O)N1CCc2ccccc2C1. The summed E-state index contributed by atoms with van der Waals surface area (Å²) < 4.78 is 5.40. The molecule has 3 rings (SSSR count). The van der Waals surface area contributed by atoms with E-state index in [2.05, 4.69) is 11.1 Å². The Labute approximate surface area is 151 Å². The van der Waals surface area contributed by atoms with Gasteiger partial charge in [-0.1, -0.05) is 24.3 Å². The second kappa shape index (κ2) is 7.70. The highest BCUT2D eigenvalue weighted by Crippen LogP contribution is 2.21. The van der Waals surface area contributed by atoms with Crippen molar-refractivity contribution in [3.8, 4) is 0 Å². The molecule has 0 bridgehead atoms. The molecule has 0 unspecified atom stereocenters. The van der Waals surface area contributed by atoms with Crippen LogP contribution in [0.15, 0.2) is 47.6 Å². The van der Waals surface area contributed by atoms with Crippen LogP contribution in [-0.4, -0.2) is 40.7 Å². The lowest BCUT2D eigenvalue weighted by Gasteiger charge is -2.30. The average Bonchev–Trinajstić information content (AvgIpc) is 2.66. The lowest BCUT2D eigenvalue weighted by Crippen LogP contribution is -2.42. The topological polar surface area (TPSA) is 59.5 Å². The number of nitrogens with zero attached hydrogens (tertiary/aromatic N) is 2. The number of rotatable bonds is 4. The Hall–Kier alpha value is -2.34. The van der Waals surface area contributed by atoms with Crippen LogP contribution in [-0.2, 0) is 22.5 Å². The molecule has 0 spiro atoms. The summed E-state index contributed by atoms with van der Waals surface area (Å²) >= 11 is 1.37. The number of pyridine rings is 1. The smallest absolute Gasteiger partial charge is 0.341 e. The molecule has 1 aromatic carbocycles. The van der Waals surface area contributed by atoms with Crippen LogP contribution in [0.5, 0.6) is 0 Å². The van der Waals surface area contributed by atoms with Crippen molar-refractivity contribution in [3.05, 3.63) is 59.3 Å². The summed E-state index contributed by atoms with van der Waals surface area (Å²) in [7, 11) is 0. The van der Waals surface area contributed by atoms with Crippen molar-refractivity contribution >= 4 is 23.6 Å². The van der Waals surface area contributed by atoms with Gasteiger partial charge in [0.05, 0.1) is 5.56 Å². The second-order valence-electron chi connectivity index (χ2n) is 5.89. The van der Waals surface area contributed by atoms with E-state index in [0.717, 1.165) is 12.0 Å². The minimum Gasteiger partial charge on any atom is -0.449 e. The first kappa shape index (κ1) is 17.5. The fraction of sp³-hybridized carbons (Fsp3) is 0.316. The van der Waals surface area contributed by atoms with E-state index in [1.807, 2.05) is 24.5 Å². The zero-order valence-electron chi connectivity index (χ0n) is 14.3. The van der Waals surface area contributed by atoms with E-state index in [1.54, 1.807) is 30.2 Å². The molecule has 25 heavy (non-hydrogen) atoms. The van der Waals surface area contributed by atoms with Gasteiger partial charge in [0, 0.05) is 19.3 Å². The molecule has 0 N–H and O–H groups in total. The fourth-order valence-electron chi connectivity index (χ4n) is 2.92. The number of esters is 1. The van der Waals surface area contributed by atoms with Gasteiger partial charge < -0.3 is 9.64 Å². The van der Waals surface area contributed by atoms with Crippen molar-refractivity contribution in [2.45, 2.75) is 31.0 Å². The Balaban J connectivity index is 1.66. The van der Waals surface area contributed by atoms with Crippen molar-refractivity contribution in [1.29, 1.82) is 0 Å². The molecule has 2 heterocycles. The summed E-state index contributed by atoms with van der Waals surface area (Å²) in [5.41, 5.74) is 2.81. The van der Waals surface area contributed by atoms with Gasteiger partial charge in [-0.15, -0.1) is 11.8 Å². The molecule has 1 aliphatic rings. The predicted molar refractivity (Wildman–Crippen MR) is 96.5 cm³/mol. The molecule has 130 valence electrons. The lowest BCUT2D eigenvalue weighted by atomic mass is 9.99. The summed E-state index contributed by atoms with van der Waals surface area (Å²) in [6.45, 7) is 2.82. The molecule has 5 nitrogen and oxygen atoms in total. The number of fused-ring (bicyclic) bond motifs is 1. The van der Waals surface area contributed by atoms with Crippen LogP contribution in [0.2, 0.25) is 0 Å². The molecule has 0 radical (unpaired) electrons. The summed E-state index contributed by atoms with van der Waals surface area (Å²) in [6.07, 6.45) is 3.47. The molecule has 2 aromatic rings. The van der Waals surface area contributed by atoms with Crippen LogP contribution in [0.3, 0.4) is 0 Å². The van der Waals surface area contributed by atoms with Gasteiger partial charge in [-0.25, -0.2) is 9.78 Å². The number of thioether (sulfide) groups is 1. The highest BCUT2D eigenvalue weighted by molar-refractivity contribution is 7.98. The van der Waals surface area contributed by atoms with E-state index < -0.39 is 12.1 Å². The minimum atomic E-state index is -0.826. The monoisotopic (exact) mass is 356 g/mol. The average molecular weight is 356 g/mol. The maximum Gasteiger partial charge on any atom is 0.341 e. The molecule has 1 aliphatic heterocycles. The highest BCUT2D eigenvalue weighted by atomic mass is 32.2. The number of hydrogen-bond acceptors (Lipinski definition) is 5. The standard InChI is InChI=1S/C19H20N2O3S/c1-13(24-19(23)16-8-5-10-20-17(16)25-2)18(22)21-11-9-14-6-3-4-7-15(14)12-21/h3-8,10,13H,9,11-12H2,1-2H3/t13-/m0/s1. The molecule has 0 saturated carbocycles.